The van der Waals surface area contributed by atoms with Crippen LogP contribution in [0.2, 0.25) is 0 Å². The first-order valence-corrected chi connectivity index (χ1v) is 5.82. The van der Waals surface area contributed by atoms with E-state index in [0.717, 1.165) is 18.4 Å². The van der Waals surface area contributed by atoms with Crippen LogP contribution in [0, 0.1) is 10.1 Å². The summed E-state index contributed by atoms with van der Waals surface area (Å²) in [6.07, 6.45) is 6.50. The highest BCUT2D eigenvalue weighted by atomic mass is 16.6. The van der Waals surface area contributed by atoms with Crippen molar-refractivity contribution in [1.82, 2.24) is 5.32 Å². The largest absolute Gasteiger partial charge is 0.307 e. The first-order chi connectivity index (χ1) is 8.16. The smallest absolute Gasteiger partial charge is 0.269 e. The van der Waals surface area contributed by atoms with Crippen molar-refractivity contribution in [2.24, 2.45) is 0 Å². The highest BCUT2D eigenvalue weighted by Crippen LogP contribution is 2.20. The number of hydrogen-bond acceptors (Lipinski definition) is 3. The molecule has 1 aliphatic carbocycles. The van der Waals surface area contributed by atoms with Gasteiger partial charge in [0, 0.05) is 24.2 Å². The Balaban J connectivity index is 1.98. The molecule has 0 amide bonds. The molecular weight excluding hydrogens is 216 g/mol. The van der Waals surface area contributed by atoms with Crippen LogP contribution in [0.15, 0.2) is 36.4 Å². The van der Waals surface area contributed by atoms with Crippen molar-refractivity contribution in [3.05, 3.63) is 52.1 Å². The molecule has 17 heavy (non-hydrogen) atoms. The van der Waals surface area contributed by atoms with Crippen molar-refractivity contribution in [3.8, 4) is 0 Å². The highest BCUT2D eigenvalue weighted by molar-refractivity contribution is 5.34. The fraction of sp³-hybridized carbons (Fsp3) is 0.385. The number of hydrogen-bond donors (Lipinski definition) is 1. The van der Waals surface area contributed by atoms with Gasteiger partial charge in [-0.3, -0.25) is 10.1 Å². The minimum atomic E-state index is -0.372. The minimum Gasteiger partial charge on any atom is -0.307 e. The van der Waals surface area contributed by atoms with E-state index in [1.807, 2.05) is 12.1 Å². The molecule has 1 aliphatic rings. The maximum atomic E-state index is 10.5. The van der Waals surface area contributed by atoms with Crippen LogP contribution in [0.1, 0.15) is 31.4 Å². The van der Waals surface area contributed by atoms with Gasteiger partial charge in [0.25, 0.3) is 5.69 Å². The number of nitrogens with zero attached hydrogens (tertiary/aromatic N) is 1. The molecule has 0 fully saturated rings. The van der Waals surface area contributed by atoms with Gasteiger partial charge in [0.1, 0.15) is 0 Å². The predicted molar refractivity (Wildman–Crippen MR) is 66.8 cm³/mol. The third-order valence-corrected chi connectivity index (χ3v) is 3.10. The Morgan fingerprint density at radius 2 is 1.88 bits per heavy atom. The van der Waals surface area contributed by atoms with E-state index in [4.69, 9.17) is 0 Å². The Hall–Kier alpha value is -1.68. The first-order valence-electron chi connectivity index (χ1n) is 5.82. The van der Waals surface area contributed by atoms with Crippen LogP contribution in [0.3, 0.4) is 0 Å². The fourth-order valence-corrected chi connectivity index (χ4v) is 2.09. The molecule has 0 bridgehead atoms. The van der Waals surface area contributed by atoms with Gasteiger partial charge in [-0.05, 0) is 25.3 Å². The molecule has 4 nitrogen and oxygen atoms in total. The molecule has 1 unspecified atom stereocenters. The van der Waals surface area contributed by atoms with Crippen molar-refractivity contribution in [2.45, 2.75) is 31.8 Å². The highest BCUT2D eigenvalue weighted by Gasteiger charge is 2.14. The summed E-state index contributed by atoms with van der Waals surface area (Å²) in [5.74, 6) is 0. The summed E-state index contributed by atoms with van der Waals surface area (Å²) in [6, 6.07) is 7.47. The second-order valence-electron chi connectivity index (χ2n) is 4.38. The van der Waals surface area contributed by atoms with Crippen LogP contribution in [-0.4, -0.2) is 11.0 Å². The lowest BCUT2D eigenvalue weighted by Gasteiger charge is -2.19. The number of non-ortho nitro benzene ring substituents is 1. The second kappa shape index (κ2) is 5.10. The van der Waals surface area contributed by atoms with Crippen LogP contribution >= 0.6 is 0 Å². The van der Waals surface area contributed by atoms with E-state index >= 15 is 0 Å². The second-order valence-corrected chi connectivity index (χ2v) is 4.38. The molecular formula is C13H16N2O2. The number of nitro groups is 1. The topological polar surface area (TPSA) is 55.2 Å². The summed E-state index contributed by atoms with van der Waals surface area (Å²) >= 11 is 0. The Morgan fingerprint density at radius 1 is 1.29 bits per heavy atom. The van der Waals surface area contributed by atoms with Gasteiger partial charge in [-0.25, -0.2) is 0 Å². The lowest BCUT2D eigenvalue weighted by molar-refractivity contribution is -0.384. The van der Waals surface area contributed by atoms with Gasteiger partial charge in [0.2, 0.25) is 0 Å². The summed E-state index contributed by atoms with van der Waals surface area (Å²) in [4.78, 5) is 10.2. The maximum Gasteiger partial charge on any atom is 0.269 e. The molecule has 0 aliphatic heterocycles. The van der Waals surface area contributed by atoms with E-state index in [1.165, 1.54) is 0 Å². The molecule has 0 spiro atoms. The molecule has 1 atom stereocenters. The molecule has 0 aromatic heterocycles. The fourth-order valence-electron chi connectivity index (χ4n) is 2.09. The first kappa shape index (κ1) is 11.8. The third-order valence-electron chi connectivity index (χ3n) is 3.10. The number of benzene rings is 1. The SMILES string of the molecule is CC(NC1CC=CC1)c1ccc([N+](=O)[O-])cc1. The van der Waals surface area contributed by atoms with Crippen molar-refractivity contribution < 1.29 is 4.92 Å². The van der Waals surface area contributed by atoms with Crippen molar-refractivity contribution in [1.29, 1.82) is 0 Å². The van der Waals surface area contributed by atoms with Crippen LogP contribution in [0.4, 0.5) is 5.69 Å². The van der Waals surface area contributed by atoms with E-state index in [2.05, 4.69) is 24.4 Å². The molecule has 0 saturated carbocycles. The number of nitro benzene ring substituents is 1. The summed E-state index contributed by atoms with van der Waals surface area (Å²) in [6.45, 7) is 2.08. The molecule has 4 heteroatoms. The lowest BCUT2D eigenvalue weighted by Crippen LogP contribution is -2.29. The summed E-state index contributed by atoms with van der Waals surface area (Å²) in [5.41, 5.74) is 1.23. The third kappa shape index (κ3) is 2.91. The van der Waals surface area contributed by atoms with Crippen LogP contribution in [0.5, 0.6) is 0 Å². The Morgan fingerprint density at radius 3 is 2.41 bits per heavy atom. The van der Waals surface area contributed by atoms with E-state index in [9.17, 15) is 10.1 Å². The van der Waals surface area contributed by atoms with Crippen LogP contribution in [0.25, 0.3) is 0 Å². The molecule has 1 aromatic carbocycles. The quantitative estimate of drug-likeness (QED) is 0.493. The van der Waals surface area contributed by atoms with E-state index in [-0.39, 0.29) is 16.7 Å². The van der Waals surface area contributed by atoms with Gasteiger partial charge in [0.05, 0.1) is 4.92 Å². The standard InChI is InChI=1S/C13H16N2O2/c1-10(14-12-4-2-3-5-12)11-6-8-13(9-7-11)15(16)17/h2-3,6-10,12,14H,4-5H2,1H3. The van der Waals surface area contributed by atoms with Crippen molar-refractivity contribution >= 4 is 5.69 Å². The molecule has 1 N–H and O–H groups in total. The Kier molecular flexibility index (Phi) is 3.54. The summed E-state index contributed by atoms with van der Waals surface area (Å²) < 4.78 is 0. The zero-order chi connectivity index (χ0) is 12.3. The Labute approximate surface area is 100 Å². The zero-order valence-electron chi connectivity index (χ0n) is 9.80. The summed E-state index contributed by atoms with van der Waals surface area (Å²) in [5, 5.41) is 14.1. The average molecular weight is 232 g/mol. The molecule has 90 valence electrons. The summed E-state index contributed by atoms with van der Waals surface area (Å²) in [7, 11) is 0. The van der Waals surface area contributed by atoms with Crippen molar-refractivity contribution in [2.75, 3.05) is 0 Å². The van der Waals surface area contributed by atoms with Gasteiger partial charge in [-0.1, -0.05) is 24.3 Å². The van der Waals surface area contributed by atoms with E-state index in [1.54, 1.807) is 12.1 Å². The molecule has 0 saturated heterocycles. The van der Waals surface area contributed by atoms with Gasteiger partial charge >= 0.3 is 0 Å². The van der Waals surface area contributed by atoms with Gasteiger partial charge in [0.15, 0.2) is 0 Å². The van der Waals surface area contributed by atoms with Gasteiger partial charge in [-0.15, -0.1) is 0 Å². The van der Waals surface area contributed by atoms with Crippen molar-refractivity contribution in [3.63, 3.8) is 0 Å². The van der Waals surface area contributed by atoms with Gasteiger partial charge in [-0.2, -0.15) is 0 Å². The molecule has 0 heterocycles. The molecule has 1 aromatic rings. The average Bonchev–Trinajstić information content (AvgIpc) is 2.82. The van der Waals surface area contributed by atoms with E-state index < -0.39 is 0 Å². The maximum absolute atomic E-state index is 10.5. The predicted octanol–water partition coefficient (Wildman–Crippen LogP) is 2.96. The zero-order valence-corrected chi connectivity index (χ0v) is 9.80. The van der Waals surface area contributed by atoms with Crippen LogP contribution < -0.4 is 5.32 Å². The molecule has 0 radical (unpaired) electrons. The normalized spacial score (nSPS) is 17.2. The molecule has 2 rings (SSSR count). The van der Waals surface area contributed by atoms with Gasteiger partial charge < -0.3 is 5.32 Å². The monoisotopic (exact) mass is 232 g/mol. The minimum absolute atomic E-state index is 0.142. The lowest BCUT2D eigenvalue weighted by atomic mass is 10.1. The number of nitrogens with one attached hydrogen (secondary N) is 1. The van der Waals surface area contributed by atoms with E-state index in [0.29, 0.717) is 6.04 Å². The van der Waals surface area contributed by atoms with Crippen LogP contribution in [-0.2, 0) is 0 Å². The number of rotatable bonds is 4. The Bertz CT molecular complexity index is 418.